The van der Waals surface area contributed by atoms with Gasteiger partial charge in [-0.3, -0.25) is 4.79 Å². The molecule has 1 unspecified atom stereocenters. The fraction of sp³-hybridized carbons (Fsp3) is 0.636. The molecule has 0 aromatic carbocycles. The van der Waals surface area contributed by atoms with E-state index >= 15 is 0 Å². The van der Waals surface area contributed by atoms with Crippen LogP contribution < -0.4 is 16.0 Å². The quantitative estimate of drug-likeness (QED) is 0.729. The lowest BCUT2D eigenvalue weighted by molar-refractivity contribution is 0.293. The molecule has 1 aromatic heterocycles. The lowest BCUT2D eigenvalue weighted by Crippen LogP contribution is -2.26. The molecule has 0 radical (unpaired) electrons. The molecule has 0 amide bonds. The van der Waals surface area contributed by atoms with E-state index in [0.29, 0.717) is 18.9 Å². The predicted molar refractivity (Wildman–Crippen MR) is 70.6 cm³/mol. The Morgan fingerprint density at radius 2 is 2.41 bits per heavy atom. The van der Waals surface area contributed by atoms with Gasteiger partial charge in [0.2, 0.25) is 0 Å². The molecular formula is C11H19N3O2S. The first-order valence-corrected chi connectivity index (χ1v) is 6.82. The molecule has 96 valence electrons. The number of aromatic nitrogens is 2. The molecule has 2 N–H and O–H groups in total. The molecule has 0 aliphatic rings. The third-order valence-electron chi connectivity index (χ3n) is 2.01. The molecule has 1 rings (SSSR count). The third kappa shape index (κ3) is 5.23. The second kappa shape index (κ2) is 7.34. The number of hydrogen-bond acceptors (Lipinski definition) is 5. The lowest BCUT2D eigenvalue weighted by Gasteiger charge is -2.09. The normalized spacial score (nSPS) is 12.4. The molecule has 0 saturated heterocycles. The molecule has 5 nitrogen and oxygen atoms in total. The van der Waals surface area contributed by atoms with Gasteiger partial charge >= 0.3 is 0 Å². The van der Waals surface area contributed by atoms with E-state index in [-0.39, 0.29) is 11.6 Å². The molecule has 0 spiro atoms. The van der Waals surface area contributed by atoms with Crippen LogP contribution in [0.15, 0.2) is 17.1 Å². The van der Waals surface area contributed by atoms with Gasteiger partial charge in [-0.25, -0.2) is 4.68 Å². The summed E-state index contributed by atoms with van der Waals surface area (Å²) in [6.07, 6.45) is 1.56. The average molecular weight is 257 g/mol. The summed E-state index contributed by atoms with van der Waals surface area (Å²) in [4.78, 5) is 11.7. The largest absolute Gasteiger partial charge is 0.490 e. The van der Waals surface area contributed by atoms with Crippen molar-refractivity contribution in [3.05, 3.63) is 22.6 Å². The Labute approximate surface area is 105 Å². The summed E-state index contributed by atoms with van der Waals surface area (Å²) in [5.41, 5.74) is 5.42. The van der Waals surface area contributed by atoms with Crippen LogP contribution in [-0.4, -0.2) is 33.9 Å². The van der Waals surface area contributed by atoms with Gasteiger partial charge in [0.1, 0.15) is 12.4 Å². The number of thioether (sulfide) groups is 1. The number of nitrogens with two attached hydrogens (primary N) is 1. The fourth-order valence-corrected chi connectivity index (χ4v) is 1.78. The molecule has 1 atom stereocenters. The highest BCUT2D eigenvalue weighted by molar-refractivity contribution is 7.99. The van der Waals surface area contributed by atoms with Crippen LogP contribution in [0, 0.1) is 0 Å². The second-order valence-corrected chi connectivity index (χ2v) is 5.13. The van der Waals surface area contributed by atoms with Crippen LogP contribution in [0.25, 0.3) is 0 Å². The van der Waals surface area contributed by atoms with Gasteiger partial charge < -0.3 is 10.5 Å². The zero-order chi connectivity index (χ0) is 12.7. The summed E-state index contributed by atoms with van der Waals surface area (Å²) in [5, 5.41) is 4.05. The van der Waals surface area contributed by atoms with E-state index < -0.39 is 0 Å². The summed E-state index contributed by atoms with van der Waals surface area (Å²) < 4.78 is 6.77. The summed E-state index contributed by atoms with van der Waals surface area (Å²) in [7, 11) is 0. The van der Waals surface area contributed by atoms with Crippen LogP contribution >= 0.6 is 11.8 Å². The van der Waals surface area contributed by atoms with Crippen molar-refractivity contribution in [1.82, 2.24) is 9.78 Å². The van der Waals surface area contributed by atoms with Gasteiger partial charge in [0.25, 0.3) is 5.56 Å². The maximum atomic E-state index is 11.7. The van der Waals surface area contributed by atoms with Gasteiger partial charge in [0, 0.05) is 17.9 Å². The van der Waals surface area contributed by atoms with Gasteiger partial charge in [0.05, 0.1) is 12.7 Å². The summed E-state index contributed by atoms with van der Waals surface area (Å²) in [5.74, 6) is 2.42. The van der Waals surface area contributed by atoms with E-state index in [4.69, 9.17) is 10.5 Å². The minimum atomic E-state index is -0.135. The first kappa shape index (κ1) is 14.1. The minimum Gasteiger partial charge on any atom is -0.490 e. The van der Waals surface area contributed by atoms with Gasteiger partial charge in [0.15, 0.2) is 0 Å². The van der Waals surface area contributed by atoms with E-state index in [0.717, 1.165) is 11.5 Å². The van der Waals surface area contributed by atoms with Crippen molar-refractivity contribution in [2.24, 2.45) is 5.73 Å². The Morgan fingerprint density at radius 1 is 1.65 bits per heavy atom. The monoisotopic (exact) mass is 257 g/mol. The molecule has 0 bridgehead atoms. The van der Waals surface area contributed by atoms with Crippen LogP contribution in [-0.2, 0) is 6.54 Å². The smallest absolute Gasteiger partial charge is 0.270 e. The van der Waals surface area contributed by atoms with Crippen molar-refractivity contribution in [3.8, 4) is 5.75 Å². The van der Waals surface area contributed by atoms with E-state index in [1.807, 2.05) is 6.92 Å². The lowest BCUT2D eigenvalue weighted by atomic mass is 10.4. The Morgan fingerprint density at radius 3 is 3.00 bits per heavy atom. The number of hydrogen-bond donors (Lipinski definition) is 1. The Balaban J connectivity index is 2.56. The molecule has 6 heteroatoms. The van der Waals surface area contributed by atoms with Crippen molar-refractivity contribution in [2.75, 3.05) is 18.1 Å². The Hall–Kier alpha value is -1.01. The van der Waals surface area contributed by atoms with Crippen molar-refractivity contribution < 1.29 is 4.74 Å². The van der Waals surface area contributed by atoms with E-state index in [1.54, 1.807) is 18.0 Å². The van der Waals surface area contributed by atoms with Gasteiger partial charge in [-0.1, -0.05) is 6.92 Å². The first-order chi connectivity index (χ1) is 8.13. The van der Waals surface area contributed by atoms with Crippen molar-refractivity contribution in [3.63, 3.8) is 0 Å². The predicted octanol–water partition coefficient (Wildman–Crippen LogP) is 0.722. The highest BCUT2D eigenvalue weighted by Crippen LogP contribution is 2.04. The summed E-state index contributed by atoms with van der Waals surface area (Å²) in [6, 6.07) is 1.39. The van der Waals surface area contributed by atoms with E-state index in [9.17, 15) is 4.79 Å². The molecule has 0 aliphatic heterocycles. The molecule has 0 aliphatic carbocycles. The SMILES string of the molecule is CCSCCn1ncc(OCC(C)N)cc1=O. The third-order valence-corrected chi connectivity index (χ3v) is 2.89. The van der Waals surface area contributed by atoms with Crippen molar-refractivity contribution in [2.45, 2.75) is 26.4 Å². The Kier molecular flexibility index (Phi) is 6.07. The van der Waals surface area contributed by atoms with Crippen LogP contribution in [0.3, 0.4) is 0 Å². The topological polar surface area (TPSA) is 70.1 Å². The molecule has 1 aromatic rings. The molecule has 0 saturated carbocycles. The molecular weight excluding hydrogens is 238 g/mol. The van der Waals surface area contributed by atoms with Crippen LogP contribution in [0.1, 0.15) is 13.8 Å². The Bertz CT molecular complexity index is 393. The number of ether oxygens (including phenoxy) is 1. The van der Waals surface area contributed by atoms with E-state index in [1.165, 1.54) is 10.7 Å². The fourth-order valence-electron chi connectivity index (χ4n) is 1.19. The maximum Gasteiger partial charge on any atom is 0.270 e. The van der Waals surface area contributed by atoms with E-state index in [2.05, 4.69) is 12.0 Å². The number of nitrogens with zero attached hydrogens (tertiary/aromatic N) is 2. The average Bonchev–Trinajstić information content (AvgIpc) is 2.29. The van der Waals surface area contributed by atoms with Crippen molar-refractivity contribution >= 4 is 11.8 Å². The molecule has 0 fully saturated rings. The summed E-state index contributed by atoms with van der Waals surface area (Å²) in [6.45, 7) is 4.95. The van der Waals surface area contributed by atoms with Gasteiger partial charge in [-0.05, 0) is 12.7 Å². The van der Waals surface area contributed by atoms with Crippen LogP contribution in [0.4, 0.5) is 0 Å². The number of aryl methyl sites for hydroxylation is 1. The maximum absolute atomic E-state index is 11.7. The summed E-state index contributed by atoms with van der Waals surface area (Å²) >= 11 is 1.78. The molecule has 17 heavy (non-hydrogen) atoms. The van der Waals surface area contributed by atoms with Gasteiger partial charge in [-0.2, -0.15) is 16.9 Å². The number of rotatable bonds is 7. The zero-order valence-corrected chi connectivity index (χ0v) is 11.1. The second-order valence-electron chi connectivity index (χ2n) is 3.74. The highest BCUT2D eigenvalue weighted by Gasteiger charge is 2.02. The highest BCUT2D eigenvalue weighted by atomic mass is 32.2. The zero-order valence-electron chi connectivity index (χ0n) is 10.3. The molecule has 1 heterocycles. The standard InChI is InChI=1S/C11H19N3O2S/c1-3-17-5-4-14-11(15)6-10(7-13-14)16-8-9(2)12/h6-7,9H,3-5,8,12H2,1-2H3. The first-order valence-electron chi connectivity index (χ1n) is 5.66. The van der Waals surface area contributed by atoms with Crippen LogP contribution in [0.5, 0.6) is 5.75 Å². The minimum absolute atomic E-state index is 0.0571. The van der Waals surface area contributed by atoms with Crippen molar-refractivity contribution in [1.29, 1.82) is 0 Å². The van der Waals surface area contributed by atoms with Crippen LogP contribution in [0.2, 0.25) is 0 Å². The van der Waals surface area contributed by atoms with Gasteiger partial charge in [-0.15, -0.1) is 0 Å².